The SMILES string of the molecule is Nc1ccccc1CN1C(=O)CC2(CCCC2)C1=O. The fourth-order valence-electron chi connectivity index (χ4n) is 3.31. The molecule has 1 aromatic rings. The molecule has 1 spiro atoms. The molecule has 4 nitrogen and oxygen atoms in total. The van der Waals surface area contributed by atoms with E-state index in [1.807, 2.05) is 18.2 Å². The zero-order chi connectivity index (χ0) is 13.5. The van der Waals surface area contributed by atoms with Crippen molar-refractivity contribution in [3.05, 3.63) is 29.8 Å². The van der Waals surface area contributed by atoms with Crippen LogP contribution in [-0.4, -0.2) is 16.7 Å². The molecule has 1 aromatic carbocycles. The van der Waals surface area contributed by atoms with Crippen molar-refractivity contribution in [3.63, 3.8) is 0 Å². The van der Waals surface area contributed by atoms with Gasteiger partial charge in [-0.15, -0.1) is 0 Å². The number of hydrogen-bond acceptors (Lipinski definition) is 3. The van der Waals surface area contributed by atoms with Crippen molar-refractivity contribution in [1.29, 1.82) is 0 Å². The van der Waals surface area contributed by atoms with Crippen molar-refractivity contribution in [2.24, 2.45) is 5.41 Å². The summed E-state index contributed by atoms with van der Waals surface area (Å²) >= 11 is 0. The molecule has 4 heteroatoms. The Balaban J connectivity index is 1.84. The van der Waals surface area contributed by atoms with E-state index in [2.05, 4.69) is 0 Å². The van der Waals surface area contributed by atoms with Gasteiger partial charge in [-0.2, -0.15) is 0 Å². The number of carbonyl (C=O) groups excluding carboxylic acids is 2. The van der Waals surface area contributed by atoms with E-state index < -0.39 is 0 Å². The number of nitrogens with zero attached hydrogens (tertiary/aromatic N) is 1. The summed E-state index contributed by atoms with van der Waals surface area (Å²) in [5.74, 6) is -0.0339. The van der Waals surface area contributed by atoms with E-state index in [4.69, 9.17) is 5.73 Å². The standard InChI is InChI=1S/C15H18N2O2/c16-12-6-2-1-5-11(12)10-17-13(18)9-15(14(17)19)7-3-4-8-15/h1-2,5-6H,3-4,7-10,16H2. The van der Waals surface area contributed by atoms with Crippen LogP contribution in [0.15, 0.2) is 24.3 Å². The number of likely N-dealkylation sites (tertiary alicyclic amines) is 1. The van der Waals surface area contributed by atoms with Gasteiger partial charge >= 0.3 is 0 Å². The summed E-state index contributed by atoms with van der Waals surface area (Å²) in [6.07, 6.45) is 4.22. The molecule has 100 valence electrons. The van der Waals surface area contributed by atoms with E-state index in [1.54, 1.807) is 6.07 Å². The second-order valence-electron chi connectivity index (χ2n) is 5.65. The smallest absolute Gasteiger partial charge is 0.236 e. The third kappa shape index (κ3) is 1.91. The topological polar surface area (TPSA) is 63.4 Å². The highest BCUT2D eigenvalue weighted by Crippen LogP contribution is 2.47. The lowest BCUT2D eigenvalue weighted by atomic mass is 9.84. The molecule has 0 atom stereocenters. The van der Waals surface area contributed by atoms with Gasteiger partial charge in [-0.1, -0.05) is 31.0 Å². The number of nitrogens with two attached hydrogens (primary N) is 1. The Bertz CT molecular complexity index is 533. The first kappa shape index (κ1) is 12.2. The van der Waals surface area contributed by atoms with E-state index in [1.165, 1.54) is 4.90 Å². The quantitative estimate of drug-likeness (QED) is 0.652. The van der Waals surface area contributed by atoms with Crippen LogP contribution >= 0.6 is 0 Å². The van der Waals surface area contributed by atoms with Crippen LogP contribution in [0.1, 0.15) is 37.7 Å². The molecule has 0 aromatic heterocycles. The lowest BCUT2D eigenvalue weighted by Gasteiger charge is -2.21. The van der Waals surface area contributed by atoms with Crippen molar-refractivity contribution >= 4 is 17.5 Å². The van der Waals surface area contributed by atoms with Gasteiger partial charge in [-0.3, -0.25) is 14.5 Å². The van der Waals surface area contributed by atoms with Crippen LogP contribution in [-0.2, 0) is 16.1 Å². The van der Waals surface area contributed by atoms with Crippen LogP contribution in [0.5, 0.6) is 0 Å². The molecule has 19 heavy (non-hydrogen) atoms. The molecule has 1 aliphatic heterocycles. The average molecular weight is 258 g/mol. The van der Waals surface area contributed by atoms with Gasteiger partial charge < -0.3 is 5.73 Å². The molecule has 1 heterocycles. The van der Waals surface area contributed by atoms with Gasteiger partial charge in [0.05, 0.1) is 12.0 Å². The lowest BCUT2D eigenvalue weighted by Crippen LogP contribution is -2.34. The van der Waals surface area contributed by atoms with Crippen molar-refractivity contribution in [1.82, 2.24) is 4.90 Å². The molecule has 2 fully saturated rings. The summed E-state index contributed by atoms with van der Waals surface area (Å²) in [7, 11) is 0. The number of amides is 2. The van der Waals surface area contributed by atoms with E-state index in [0.717, 1.165) is 31.2 Å². The number of rotatable bonds is 2. The van der Waals surface area contributed by atoms with E-state index in [-0.39, 0.29) is 17.2 Å². The predicted octanol–water partition coefficient (Wildman–Crippen LogP) is 2.09. The van der Waals surface area contributed by atoms with E-state index in [9.17, 15) is 9.59 Å². The van der Waals surface area contributed by atoms with E-state index >= 15 is 0 Å². The Morgan fingerprint density at radius 1 is 1.16 bits per heavy atom. The van der Waals surface area contributed by atoms with Gasteiger partial charge in [0.1, 0.15) is 0 Å². The molecular formula is C15H18N2O2. The second-order valence-corrected chi connectivity index (χ2v) is 5.65. The molecule has 0 radical (unpaired) electrons. The fourth-order valence-corrected chi connectivity index (χ4v) is 3.31. The summed E-state index contributed by atoms with van der Waals surface area (Å²) in [6.45, 7) is 0.312. The molecule has 0 unspecified atom stereocenters. The normalized spacial score (nSPS) is 21.6. The molecule has 1 saturated carbocycles. The molecular weight excluding hydrogens is 240 g/mol. The van der Waals surface area contributed by atoms with Gasteiger partial charge in [0.25, 0.3) is 0 Å². The highest BCUT2D eigenvalue weighted by molar-refractivity contribution is 6.06. The van der Waals surface area contributed by atoms with Crippen LogP contribution in [0.2, 0.25) is 0 Å². The summed E-state index contributed by atoms with van der Waals surface area (Å²) in [5.41, 5.74) is 6.98. The average Bonchev–Trinajstić information content (AvgIpc) is 2.94. The van der Waals surface area contributed by atoms with Crippen LogP contribution in [0.3, 0.4) is 0 Å². The van der Waals surface area contributed by atoms with Crippen LogP contribution in [0, 0.1) is 5.41 Å². The Morgan fingerprint density at radius 3 is 2.53 bits per heavy atom. The first-order chi connectivity index (χ1) is 9.12. The van der Waals surface area contributed by atoms with Crippen LogP contribution in [0.4, 0.5) is 5.69 Å². The number of hydrogen-bond donors (Lipinski definition) is 1. The van der Waals surface area contributed by atoms with Gasteiger partial charge in [0.2, 0.25) is 11.8 Å². The molecule has 1 aliphatic carbocycles. The van der Waals surface area contributed by atoms with Crippen molar-refractivity contribution < 1.29 is 9.59 Å². The monoisotopic (exact) mass is 258 g/mol. The number of anilines is 1. The minimum atomic E-state index is -0.388. The number of carbonyl (C=O) groups is 2. The predicted molar refractivity (Wildman–Crippen MR) is 71.9 cm³/mol. The highest BCUT2D eigenvalue weighted by atomic mass is 16.2. The molecule has 0 bridgehead atoms. The number of imide groups is 1. The Hall–Kier alpha value is -1.84. The van der Waals surface area contributed by atoms with E-state index in [0.29, 0.717) is 18.7 Å². The maximum Gasteiger partial charge on any atom is 0.236 e. The van der Waals surface area contributed by atoms with Crippen molar-refractivity contribution in [2.75, 3.05) is 5.73 Å². The number of benzene rings is 1. The zero-order valence-electron chi connectivity index (χ0n) is 10.9. The largest absolute Gasteiger partial charge is 0.398 e. The first-order valence-corrected chi connectivity index (χ1v) is 6.81. The zero-order valence-corrected chi connectivity index (χ0v) is 10.9. The molecule has 3 rings (SSSR count). The number of para-hydroxylation sites is 1. The first-order valence-electron chi connectivity index (χ1n) is 6.81. The third-order valence-electron chi connectivity index (χ3n) is 4.43. The summed E-state index contributed by atoms with van der Waals surface area (Å²) in [4.78, 5) is 26.0. The van der Waals surface area contributed by atoms with Crippen molar-refractivity contribution in [2.45, 2.75) is 38.6 Å². The second kappa shape index (κ2) is 4.37. The van der Waals surface area contributed by atoms with Crippen molar-refractivity contribution in [3.8, 4) is 0 Å². The summed E-state index contributed by atoms with van der Waals surface area (Å²) in [6, 6.07) is 7.40. The fraction of sp³-hybridized carbons (Fsp3) is 0.467. The third-order valence-corrected chi connectivity index (χ3v) is 4.43. The van der Waals surface area contributed by atoms with Gasteiger partial charge in [-0.25, -0.2) is 0 Å². The van der Waals surface area contributed by atoms with Gasteiger partial charge in [0.15, 0.2) is 0 Å². The minimum Gasteiger partial charge on any atom is -0.398 e. The molecule has 2 amide bonds. The Kier molecular flexibility index (Phi) is 2.81. The van der Waals surface area contributed by atoms with Gasteiger partial charge in [-0.05, 0) is 24.5 Å². The lowest BCUT2D eigenvalue weighted by molar-refractivity contribution is -0.142. The van der Waals surface area contributed by atoms with Crippen LogP contribution < -0.4 is 5.73 Å². The molecule has 2 aliphatic rings. The molecule has 2 N–H and O–H groups in total. The summed E-state index contributed by atoms with van der Waals surface area (Å²) < 4.78 is 0. The summed E-state index contributed by atoms with van der Waals surface area (Å²) in [5, 5.41) is 0. The molecule has 1 saturated heterocycles. The highest BCUT2D eigenvalue weighted by Gasteiger charge is 2.52. The van der Waals surface area contributed by atoms with Crippen LogP contribution in [0.25, 0.3) is 0 Å². The minimum absolute atomic E-state index is 0.0123. The Labute approximate surface area is 112 Å². The Morgan fingerprint density at radius 2 is 1.84 bits per heavy atom. The van der Waals surface area contributed by atoms with Gasteiger partial charge in [0, 0.05) is 12.1 Å². The maximum atomic E-state index is 12.5. The number of nitrogen functional groups attached to an aromatic ring is 1. The maximum absolute atomic E-state index is 12.5.